The number of fused-ring (bicyclic) bond motifs is 1. The highest BCUT2D eigenvalue weighted by atomic mass is 19.1. The van der Waals surface area contributed by atoms with E-state index in [2.05, 4.69) is 0 Å². The summed E-state index contributed by atoms with van der Waals surface area (Å²) in [5.74, 6) is -2.43. The van der Waals surface area contributed by atoms with E-state index in [-0.39, 0.29) is 23.0 Å². The van der Waals surface area contributed by atoms with E-state index in [9.17, 15) is 18.8 Å². The molecule has 2 heterocycles. The standard InChI is InChI=1S/C32H25FN2O6/c1-19-8-6-7-11-24(19)34-30(36)27-28(35(41-29(27)31(34)37)23-9-4-3-5-10-23)21-14-17-25(26(18-21)39-2)40-32(38)20-12-15-22(33)16-13-20/h3-18,27-29H,1-2H3. The monoisotopic (exact) mass is 552 g/mol. The summed E-state index contributed by atoms with van der Waals surface area (Å²) < 4.78 is 24.4. The van der Waals surface area contributed by atoms with Crippen LogP contribution in [0.25, 0.3) is 0 Å². The van der Waals surface area contributed by atoms with Gasteiger partial charge in [0.2, 0.25) is 5.91 Å². The number of para-hydroxylation sites is 2. The Kier molecular flexibility index (Phi) is 6.72. The molecule has 0 aliphatic carbocycles. The van der Waals surface area contributed by atoms with E-state index in [0.29, 0.717) is 16.9 Å². The lowest BCUT2D eigenvalue weighted by Gasteiger charge is -2.29. The average Bonchev–Trinajstić information content (AvgIpc) is 3.50. The predicted molar refractivity (Wildman–Crippen MR) is 148 cm³/mol. The molecule has 6 rings (SSSR count). The van der Waals surface area contributed by atoms with Gasteiger partial charge in [-0.2, -0.15) is 0 Å². The van der Waals surface area contributed by atoms with Crippen LogP contribution in [0, 0.1) is 18.7 Å². The number of esters is 1. The van der Waals surface area contributed by atoms with Crippen LogP contribution in [-0.2, 0) is 14.4 Å². The van der Waals surface area contributed by atoms with Crippen LogP contribution in [0.3, 0.4) is 0 Å². The Bertz CT molecular complexity index is 1640. The number of imide groups is 1. The first-order valence-electron chi connectivity index (χ1n) is 13.0. The van der Waals surface area contributed by atoms with Crippen molar-refractivity contribution in [1.82, 2.24) is 0 Å². The summed E-state index contributed by atoms with van der Waals surface area (Å²) in [6.07, 6.45) is -1.03. The van der Waals surface area contributed by atoms with Gasteiger partial charge in [-0.15, -0.1) is 0 Å². The number of carbonyl (C=O) groups excluding carboxylic acids is 3. The topological polar surface area (TPSA) is 85.4 Å². The molecule has 41 heavy (non-hydrogen) atoms. The third kappa shape index (κ3) is 4.60. The number of aryl methyl sites for hydroxylation is 1. The molecule has 0 spiro atoms. The fourth-order valence-corrected chi connectivity index (χ4v) is 5.30. The number of hydroxylamine groups is 1. The van der Waals surface area contributed by atoms with E-state index in [4.69, 9.17) is 14.3 Å². The molecular formula is C32H25FN2O6. The quantitative estimate of drug-likeness (QED) is 0.180. The van der Waals surface area contributed by atoms with Crippen molar-refractivity contribution in [1.29, 1.82) is 0 Å². The summed E-state index contributed by atoms with van der Waals surface area (Å²) in [6.45, 7) is 1.84. The molecule has 0 N–H and O–H groups in total. The van der Waals surface area contributed by atoms with Crippen molar-refractivity contribution >= 4 is 29.2 Å². The first-order chi connectivity index (χ1) is 19.9. The van der Waals surface area contributed by atoms with Gasteiger partial charge in [-0.3, -0.25) is 14.4 Å². The second-order valence-electron chi connectivity index (χ2n) is 9.76. The molecule has 4 aromatic rings. The molecule has 0 radical (unpaired) electrons. The van der Waals surface area contributed by atoms with Crippen molar-refractivity contribution in [2.75, 3.05) is 17.1 Å². The molecule has 206 valence electrons. The van der Waals surface area contributed by atoms with E-state index in [1.807, 2.05) is 49.4 Å². The lowest BCUT2D eigenvalue weighted by atomic mass is 9.90. The minimum Gasteiger partial charge on any atom is -0.493 e. The van der Waals surface area contributed by atoms with Crippen LogP contribution in [0.5, 0.6) is 11.5 Å². The van der Waals surface area contributed by atoms with Crippen molar-refractivity contribution in [3.63, 3.8) is 0 Å². The zero-order valence-electron chi connectivity index (χ0n) is 22.2. The summed E-state index contributed by atoms with van der Waals surface area (Å²) in [5, 5.41) is 1.58. The number of rotatable bonds is 6. The van der Waals surface area contributed by atoms with Crippen molar-refractivity contribution < 1.29 is 33.1 Å². The van der Waals surface area contributed by atoms with Crippen LogP contribution in [0.15, 0.2) is 97.1 Å². The number of ether oxygens (including phenoxy) is 2. The molecule has 2 aliphatic rings. The zero-order chi connectivity index (χ0) is 28.7. The van der Waals surface area contributed by atoms with Crippen LogP contribution in [0.2, 0.25) is 0 Å². The van der Waals surface area contributed by atoms with E-state index in [1.165, 1.54) is 36.3 Å². The molecule has 2 fully saturated rings. The summed E-state index contributed by atoms with van der Waals surface area (Å²) in [6, 6.07) is 25.6. The Hall–Kier alpha value is -5.02. The lowest BCUT2D eigenvalue weighted by molar-refractivity contribution is -0.126. The minimum atomic E-state index is -1.03. The number of benzene rings is 4. The predicted octanol–water partition coefficient (Wildman–Crippen LogP) is 5.41. The smallest absolute Gasteiger partial charge is 0.343 e. The van der Waals surface area contributed by atoms with E-state index in [1.54, 1.807) is 35.4 Å². The van der Waals surface area contributed by atoms with E-state index >= 15 is 0 Å². The van der Waals surface area contributed by atoms with Gasteiger partial charge < -0.3 is 9.47 Å². The number of methoxy groups -OCH3 is 1. The second-order valence-corrected chi connectivity index (χ2v) is 9.76. The maximum absolute atomic E-state index is 13.9. The second kappa shape index (κ2) is 10.5. The van der Waals surface area contributed by atoms with Gasteiger partial charge in [0.25, 0.3) is 5.91 Å². The number of halogens is 1. The average molecular weight is 553 g/mol. The Morgan fingerprint density at radius 2 is 1.56 bits per heavy atom. The van der Waals surface area contributed by atoms with Crippen molar-refractivity contribution in [2.24, 2.45) is 5.92 Å². The Morgan fingerprint density at radius 3 is 2.27 bits per heavy atom. The van der Waals surface area contributed by atoms with Crippen molar-refractivity contribution in [2.45, 2.75) is 19.1 Å². The number of hydrogen-bond acceptors (Lipinski definition) is 7. The minimum absolute atomic E-state index is 0.141. The first kappa shape index (κ1) is 26.2. The summed E-state index contributed by atoms with van der Waals surface area (Å²) >= 11 is 0. The molecule has 8 nitrogen and oxygen atoms in total. The van der Waals surface area contributed by atoms with Crippen LogP contribution in [0.4, 0.5) is 15.8 Å². The van der Waals surface area contributed by atoms with Crippen molar-refractivity contribution in [3.8, 4) is 11.5 Å². The number of nitrogens with zero attached hydrogens (tertiary/aromatic N) is 2. The molecular weight excluding hydrogens is 527 g/mol. The highest BCUT2D eigenvalue weighted by Crippen LogP contribution is 2.49. The summed E-state index contributed by atoms with van der Waals surface area (Å²) in [5.41, 5.74) is 2.77. The number of carbonyl (C=O) groups is 3. The van der Waals surface area contributed by atoms with Gasteiger partial charge in [-0.05, 0) is 72.6 Å². The highest BCUT2D eigenvalue weighted by Gasteiger charge is 2.60. The van der Waals surface area contributed by atoms with Gasteiger partial charge in [0.15, 0.2) is 17.6 Å². The molecule has 0 bridgehead atoms. The van der Waals surface area contributed by atoms with Crippen LogP contribution < -0.4 is 19.4 Å². The molecule has 0 saturated carbocycles. The normalized spacial score (nSPS) is 19.8. The summed E-state index contributed by atoms with van der Waals surface area (Å²) in [7, 11) is 1.43. The molecule has 2 aliphatic heterocycles. The molecule has 9 heteroatoms. The third-order valence-electron chi connectivity index (χ3n) is 7.29. The fraction of sp³-hybridized carbons (Fsp3) is 0.156. The largest absolute Gasteiger partial charge is 0.493 e. The van der Waals surface area contributed by atoms with E-state index in [0.717, 1.165) is 5.56 Å². The lowest BCUT2D eigenvalue weighted by Crippen LogP contribution is -2.37. The number of hydrogen-bond donors (Lipinski definition) is 0. The van der Waals surface area contributed by atoms with Crippen LogP contribution >= 0.6 is 0 Å². The Balaban J connectivity index is 1.38. The van der Waals surface area contributed by atoms with Gasteiger partial charge in [0.05, 0.1) is 30.1 Å². The molecule has 4 aromatic carbocycles. The highest BCUT2D eigenvalue weighted by molar-refractivity contribution is 6.24. The van der Waals surface area contributed by atoms with Gasteiger partial charge in [0.1, 0.15) is 11.7 Å². The molecule has 0 aromatic heterocycles. The van der Waals surface area contributed by atoms with Crippen molar-refractivity contribution in [3.05, 3.63) is 120 Å². The van der Waals surface area contributed by atoms with Gasteiger partial charge in [-0.25, -0.2) is 19.1 Å². The maximum atomic E-state index is 13.9. The van der Waals surface area contributed by atoms with Gasteiger partial charge in [-0.1, -0.05) is 42.5 Å². The molecule has 2 amide bonds. The van der Waals surface area contributed by atoms with Crippen LogP contribution in [0.1, 0.15) is 27.5 Å². The van der Waals surface area contributed by atoms with Gasteiger partial charge in [0, 0.05) is 0 Å². The summed E-state index contributed by atoms with van der Waals surface area (Å²) in [4.78, 5) is 47.6. The Labute approximate surface area is 235 Å². The molecule has 3 unspecified atom stereocenters. The van der Waals surface area contributed by atoms with E-state index < -0.39 is 35.8 Å². The molecule has 3 atom stereocenters. The molecule has 2 saturated heterocycles. The maximum Gasteiger partial charge on any atom is 0.343 e. The Morgan fingerprint density at radius 1 is 0.854 bits per heavy atom. The zero-order valence-corrected chi connectivity index (χ0v) is 22.2. The number of amides is 2. The van der Waals surface area contributed by atoms with Crippen LogP contribution in [-0.4, -0.2) is 31.0 Å². The fourth-order valence-electron chi connectivity index (χ4n) is 5.30. The SMILES string of the molecule is COc1cc(C2C3C(=O)N(c4ccccc4C)C(=O)C3ON2c2ccccc2)ccc1OC(=O)c1ccc(F)cc1. The first-order valence-corrected chi connectivity index (χ1v) is 13.0. The number of anilines is 2. The third-order valence-corrected chi connectivity index (χ3v) is 7.29. The van der Waals surface area contributed by atoms with Gasteiger partial charge >= 0.3 is 5.97 Å².